The van der Waals surface area contributed by atoms with E-state index in [1.807, 2.05) is 32.0 Å². The number of anilines is 2. The second-order valence-corrected chi connectivity index (χ2v) is 9.26. The lowest BCUT2D eigenvalue weighted by Gasteiger charge is -2.30. The molecule has 0 atom stereocenters. The largest absolute Gasteiger partial charge is 0.497 e. The molecular weight excluding hydrogens is 390 g/mol. The molecule has 0 amide bonds. The van der Waals surface area contributed by atoms with E-state index in [2.05, 4.69) is 20.0 Å². The Morgan fingerprint density at radius 3 is 2.41 bits per heavy atom. The number of hydrogen-bond donors (Lipinski definition) is 2. The number of nitrogens with one attached hydrogen (secondary N) is 2. The van der Waals surface area contributed by atoms with Crippen LogP contribution in [0.3, 0.4) is 0 Å². The molecule has 0 unspecified atom stereocenters. The molecular formula is C20H29N5O3S. The molecule has 1 saturated carbocycles. The number of aryl methyl sites for hydroxylation is 1. The molecule has 9 heteroatoms. The van der Waals surface area contributed by atoms with Gasteiger partial charge in [-0.2, -0.15) is 0 Å². The van der Waals surface area contributed by atoms with Crippen LogP contribution in [0.15, 0.2) is 35.2 Å². The number of sulfonamides is 1. The van der Waals surface area contributed by atoms with E-state index in [0.717, 1.165) is 43.1 Å². The Morgan fingerprint density at radius 2 is 1.76 bits per heavy atom. The van der Waals surface area contributed by atoms with E-state index in [9.17, 15) is 8.42 Å². The highest BCUT2D eigenvalue weighted by molar-refractivity contribution is 7.89. The van der Waals surface area contributed by atoms with Crippen LogP contribution in [0.2, 0.25) is 0 Å². The summed E-state index contributed by atoms with van der Waals surface area (Å²) in [6.45, 7) is 1.88. The van der Waals surface area contributed by atoms with Crippen LogP contribution in [0.25, 0.3) is 0 Å². The maximum atomic E-state index is 12.7. The van der Waals surface area contributed by atoms with Gasteiger partial charge in [0.2, 0.25) is 10.0 Å². The molecule has 2 aromatic rings. The van der Waals surface area contributed by atoms with E-state index in [4.69, 9.17) is 4.74 Å². The molecule has 0 bridgehead atoms. The summed E-state index contributed by atoms with van der Waals surface area (Å²) in [5.41, 5.74) is 0. The molecule has 1 aromatic carbocycles. The van der Waals surface area contributed by atoms with E-state index in [1.54, 1.807) is 18.2 Å². The van der Waals surface area contributed by atoms with Gasteiger partial charge in [0.1, 0.15) is 23.2 Å². The van der Waals surface area contributed by atoms with Crippen LogP contribution in [0.1, 0.15) is 31.5 Å². The third-order valence-electron chi connectivity index (χ3n) is 5.04. The van der Waals surface area contributed by atoms with Crippen molar-refractivity contribution in [2.45, 2.75) is 49.6 Å². The molecule has 3 rings (SSSR count). The number of aromatic nitrogens is 2. The lowest BCUT2D eigenvalue weighted by atomic mass is 9.92. The SMILES string of the molecule is COc1cccc(S(=O)(=O)NC2CCC(Nc3cc(N(C)C)nc(C)n3)CC2)c1. The van der Waals surface area contributed by atoms with E-state index in [1.165, 1.54) is 13.2 Å². The van der Waals surface area contributed by atoms with Gasteiger partial charge in [-0.15, -0.1) is 0 Å². The van der Waals surface area contributed by atoms with Gasteiger partial charge in [-0.25, -0.2) is 23.1 Å². The molecule has 1 aliphatic carbocycles. The fraction of sp³-hybridized carbons (Fsp3) is 0.500. The first kappa shape index (κ1) is 21.3. The standard InChI is InChI=1S/C20H29N5O3S/c1-14-21-19(13-20(22-14)25(2)3)23-15-8-10-16(11-9-15)24-29(26,27)18-7-5-6-17(12-18)28-4/h5-7,12-13,15-16,24H,8-11H2,1-4H3,(H,21,22,23). The molecule has 1 heterocycles. The minimum absolute atomic E-state index is 0.0753. The molecule has 2 N–H and O–H groups in total. The maximum absolute atomic E-state index is 12.7. The zero-order chi connectivity index (χ0) is 21.0. The zero-order valence-electron chi connectivity index (χ0n) is 17.3. The van der Waals surface area contributed by atoms with Gasteiger partial charge < -0.3 is 15.0 Å². The van der Waals surface area contributed by atoms with Gasteiger partial charge in [-0.3, -0.25) is 0 Å². The Labute approximate surface area is 172 Å². The lowest BCUT2D eigenvalue weighted by molar-refractivity contribution is 0.386. The zero-order valence-corrected chi connectivity index (χ0v) is 18.2. The van der Waals surface area contributed by atoms with Crippen molar-refractivity contribution in [3.05, 3.63) is 36.2 Å². The summed E-state index contributed by atoms with van der Waals surface area (Å²) >= 11 is 0. The third kappa shape index (κ3) is 5.57. The number of nitrogens with zero attached hydrogens (tertiary/aromatic N) is 3. The summed E-state index contributed by atoms with van der Waals surface area (Å²) in [6, 6.07) is 8.65. The first-order valence-corrected chi connectivity index (χ1v) is 11.2. The van der Waals surface area contributed by atoms with Gasteiger partial charge in [0, 0.05) is 38.3 Å². The van der Waals surface area contributed by atoms with Crippen LogP contribution < -0.4 is 19.7 Å². The number of benzene rings is 1. The number of hydrogen-bond acceptors (Lipinski definition) is 7. The molecule has 1 aliphatic rings. The Hall–Kier alpha value is -2.39. The smallest absolute Gasteiger partial charge is 0.240 e. The molecule has 0 radical (unpaired) electrons. The van der Waals surface area contributed by atoms with Crippen LogP contribution in [-0.4, -0.2) is 51.7 Å². The Balaban J connectivity index is 1.58. The highest BCUT2D eigenvalue weighted by Gasteiger charge is 2.26. The van der Waals surface area contributed by atoms with Crippen LogP contribution in [0.5, 0.6) is 5.75 Å². The normalized spacial score (nSPS) is 19.6. The number of rotatable bonds is 7. The van der Waals surface area contributed by atoms with Gasteiger partial charge in [-0.1, -0.05) is 6.07 Å². The first-order chi connectivity index (χ1) is 13.8. The van der Waals surface area contributed by atoms with Crippen molar-refractivity contribution >= 4 is 21.7 Å². The van der Waals surface area contributed by atoms with E-state index >= 15 is 0 Å². The summed E-state index contributed by atoms with van der Waals surface area (Å²) in [5.74, 6) is 2.91. The minimum Gasteiger partial charge on any atom is -0.497 e. The fourth-order valence-electron chi connectivity index (χ4n) is 3.48. The maximum Gasteiger partial charge on any atom is 0.240 e. The van der Waals surface area contributed by atoms with Crippen LogP contribution in [-0.2, 0) is 10.0 Å². The monoisotopic (exact) mass is 419 g/mol. The highest BCUT2D eigenvalue weighted by Crippen LogP contribution is 2.25. The van der Waals surface area contributed by atoms with Gasteiger partial charge >= 0.3 is 0 Å². The first-order valence-electron chi connectivity index (χ1n) is 9.73. The van der Waals surface area contributed by atoms with Crippen LogP contribution in [0, 0.1) is 6.92 Å². The van der Waals surface area contributed by atoms with Crippen molar-refractivity contribution in [3.63, 3.8) is 0 Å². The van der Waals surface area contributed by atoms with Crippen molar-refractivity contribution < 1.29 is 13.2 Å². The Bertz CT molecular complexity index is 941. The topological polar surface area (TPSA) is 96.5 Å². The van der Waals surface area contributed by atoms with Crippen LogP contribution in [0.4, 0.5) is 11.6 Å². The van der Waals surface area contributed by atoms with Gasteiger partial charge in [0.25, 0.3) is 0 Å². The molecule has 1 aromatic heterocycles. The van der Waals surface area contributed by atoms with Gasteiger partial charge in [0.15, 0.2) is 0 Å². The molecule has 0 saturated heterocycles. The summed E-state index contributed by atoms with van der Waals surface area (Å²) in [7, 11) is 1.85. The number of methoxy groups -OCH3 is 1. The van der Waals surface area contributed by atoms with Crippen molar-refractivity contribution in [3.8, 4) is 5.75 Å². The van der Waals surface area contributed by atoms with E-state index < -0.39 is 10.0 Å². The quantitative estimate of drug-likeness (QED) is 0.712. The predicted molar refractivity (Wildman–Crippen MR) is 114 cm³/mol. The van der Waals surface area contributed by atoms with Crippen molar-refractivity contribution in [2.24, 2.45) is 0 Å². The fourth-order valence-corrected chi connectivity index (χ4v) is 4.82. The molecule has 158 valence electrons. The third-order valence-corrected chi connectivity index (χ3v) is 6.55. The van der Waals surface area contributed by atoms with E-state index in [-0.39, 0.29) is 17.0 Å². The molecule has 8 nitrogen and oxygen atoms in total. The second-order valence-electron chi connectivity index (χ2n) is 7.55. The molecule has 1 fully saturated rings. The summed E-state index contributed by atoms with van der Waals surface area (Å²) in [5, 5.41) is 3.48. The van der Waals surface area contributed by atoms with Crippen molar-refractivity contribution in [2.75, 3.05) is 31.4 Å². The summed E-state index contributed by atoms with van der Waals surface area (Å²) < 4.78 is 33.3. The molecule has 0 spiro atoms. The van der Waals surface area contributed by atoms with Crippen LogP contribution >= 0.6 is 0 Å². The van der Waals surface area contributed by atoms with Gasteiger partial charge in [-0.05, 0) is 44.7 Å². The summed E-state index contributed by atoms with van der Waals surface area (Å²) in [6.07, 6.45) is 3.27. The molecule has 29 heavy (non-hydrogen) atoms. The van der Waals surface area contributed by atoms with Crippen molar-refractivity contribution in [1.82, 2.24) is 14.7 Å². The Morgan fingerprint density at radius 1 is 1.07 bits per heavy atom. The Kier molecular flexibility index (Phi) is 6.59. The summed E-state index contributed by atoms with van der Waals surface area (Å²) in [4.78, 5) is 11.1. The predicted octanol–water partition coefficient (Wildman–Crippen LogP) is 2.56. The van der Waals surface area contributed by atoms with Crippen molar-refractivity contribution in [1.29, 1.82) is 0 Å². The highest BCUT2D eigenvalue weighted by atomic mass is 32.2. The van der Waals surface area contributed by atoms with Gasteiger partial charge in [0.05, 0.1) is 12.0 Å². The van der Waals surface area contributed by atoms with E-state index in [0.29, 0.717) is 5.75 Å². The number of ether oxygens (including phenoxy) is 1. The average molecular weight is 420 g/mol. The minimum atomic E-state index is -3.57. The second kappa shape index (κ2) is 8.96. The molecule has 0 aliphatic heterocycles. The average Bonchev–Trinajstić information content (AvgIpc) is 2.69. The lowest BCUT2D eigenvalue weighted by Crippen LogP contribution is -2.40.